The monoisotopic (exact) mass is 166 g/mol. The van der Waals surface area contributed by atoms with Crippen molar-refractivity contribution < 1.29 is 10.2 Å². The van der Waals surface area contributed by atoms with Gasteiger partial charge in [0.15, 0.2) is 0 Å². The van der Waals surface area contributed by atoms with Gasteiger partial charge in [0.1, 0.15) is 0 Å². The molecule has 0 atom stereocenters. The molecule has 0 amide bonds. The van der Waals surface area contributed by atoms with Crippen LogP contribution in [-0.4, -0.2) is 16.8 Å². The zero-order valence-corrected chi connectivity index (χ0v) is 7.25. The molecule has 1 aromatic carbocycles. The third kappa shape index (κ3) is 2.06. The summed E-state index contributed by atoms with van der Waals surface area (Å²) in [5.74, 6) is 0. The van der Waals surface area contributed by atoms with Gasteiger partial charge in [0.2, 0.25) is 0 Å². The average Bonchev–Trinajstić information content (AvgIpc) is 2.09. The fourth-order valence-electron chi connectivity index (χ4n) is 1.26. The van der Waals surface area contributed by atoms with Gasteiger partial charge >= 0.3 is 0 Å². The van der Waals surface area contributed by atoms with E-state index < -0.39 is 0 Å². The van der Waals surface area contributed by atoms with E-state index in [1.807, 2.05) is 25.1 Å². The van der Waals surface area contributed by atoms with E-state index in [-0.39, 0.29) is 13.2 Å². The first kappa shape index (κ1) is 9.23. The van der Waals surface area contributed by atoms with Gasteiger partial charge in [0, 0.05) is 6.61 Å². The lowest BCUT2D eigenvalue weighted by Gasteiger charge is -2.05. The molecule has 0 aliphatic carbocycles. The molecule has 0 saturated heterocycles. The van der Waals surface area contributed by atoms with Crippen molar-refractivity contribution in [3.05, 3.63) is 34.9 Å². The summed E-state index contributed by atoms with van der Waals surface area (Å²) in [6.07, 6.45) is 0.692. The van der Waals surface area contributed by atoms with Crippen molar-refractivity contribution in [2.24, 2.45) is 0 Å². The van der Waals surface area contributed by atoms with Crippen LogP contribution >= 0.6 is 0 Å². The molecule has 0 unspecified atom stereocenters. The molecule has 12 heavy (non-hydrogen) atoms. The van der Waals surface area contributed by atoms with Crippen LogP contribution in [0.1, 0.15) is 16.7 Å². The second kappa shape index (κ2) is 4.24. The summed E-state index contributed by atoms with van der Waals surface area (Å²) < 4.78 is 0. The van der Waals surface area contributed by atoms with Crippen molar-refractivity contribution in [2.45, 2.75) is 20.0 Å². The number of aliphatic hydroxyl groups is 2. The Labute approximate surface area is 72.5 Å². The Morgan fingerprint density at radius 3 is 2.50 bits per heavy atom. The smallest absolute Gasteiger partial charge is 0.0681 e. The molecular formula is C10H14O2. The van der Waals surface area contributed by atoms with Crippen molar-refractivity contribution in [1.82, 2.24) is 0 Å². The van der Waals surface area contributed by atoms with Crippen LogP contribution in [0, 0.1) is 6.92 Å². The van der Waals surface area contributed by atoms with Crippen molar-refractivity contribution in [3.63, 3.8) is 0 Å². The molecular weight excluding hydrogens is 152 g/mol. The third-order valence-electron chi connectivity index (χ3n) is 1.97. The van der Waals surface area contributed by atoms with Crippen molar-refractivity contribution in [3.8, 4) is 0 Å². The fraction of sp³-hybridized carbons (Fsp3) is 0.400. The fourth-order valence-corrected chi connectivity index (χ4v) is 1.26. The first-order valence-electron chi connectivity index (χ1n) is 4.08. The highest BCUT2D eigenvalue weighted by molar-refractivity contribution is 5.30. The maximum absolute atomic E-state index is 8.83. The van der Waals surface area contributed by atoms with Gasteiger partial charge in [-0.2, -0.15) is 0 Å². The van der Waals surface area contributed by atoms with Crippen LogP contribution in [0.15, 0.2) is 18.2 Å². The number of rotatable bonds is 3. The topological polar surface area (TPSA) is 40.5 Å². The second-order valence-electron chi connectivity index (χ2n) is 2.89. The molecule has 0 heterocycles. The van der Waals surface area contributed by atoms with Gasteiger partial charge in [-0.05, 0) is 30.0 Å². The van der Waals surface area contributed by atoms with E-state index in [2.05, 4.69) is 0 Å². The quantitative estimate of drug-likeness (QED) is 0.704. The van der Waals surface area contributed by atoms with Crippen LogP contribution in [0.3, 0.4) is 0 Å². The molecule has 0 bridgehead atoms. The van der Waals surface area contributed by atoms with E-state index in [1.54, 1.807) is 0 Å². The Morgan fingerprint density at radius 1 is 1.25 bits per heavy atom. The van der Waals surface area contributed by atoms with Crippen LogP contribution in [0.2, 0.25) is 0 Å². The minimum Gasteiger partial charge on any atom is -0.396 e. The lowest BCUT2D eigenvalue weighted by molar-refractivity contribution is 0.281. The number of hydrogen-bond acceptors (Lipinski definition) is 2. The molecule has 66 valence electrons. The Hall–Kier alpha value is -0.860. The van der Waals surface area contributed by atoms with Gasteiger partial charge in [0.05, 0.1) is 6.61 Å². The van der Waals surface area contributed by atoms with Gasteiger partial charge in [-0.15, -0.1) is 0 Å². The number of aliphatic hydroxyl groups excluding tert-OH is 2. The second-order valence-corrected chi connectivity index (χ2v) is 2.89. The summed E-state index contributed by atoms with van der Waals surface area (Å²) in [6.45, 7) is 2.25. The lowest BCUT2D eigenvalue weighted by atomic mass is 10.0. The summed E-state index contributed by atoms with van der Waals surface area (Å²) in [4.78, 5) is 0. The van der Waals surface area contributed by atoms with Gasteiger partial charge in [-0.1, -0.05) is 18.2 Å². The molecule has 2 heteroatoms. The van der Waals surface area contributed by atoms with E-state index in [0.29, 0.717) is 6.42 Å². The largest absolute Gasteiger partial charge is 0.396 e. The molecule has 0 aromatic heterocycles. The Kier molecular flexibility index (Phi) is 3.26. The molecule has 0 saturated carbocycles. The maximum atomic E-state index is 8.83. The molecule has 2 nitrogen and oxygen atoms in total. The molecule has 0 aliphatic rings. The summed E-state index contributed by atoms with van der Waals surface area (Å²) in [5.41, 5.74) is 3.21. The van der Waals surface area contributed by atoms with Crippen molar-refractivity contribution in [2.75, 3.05) is 6.61 Å². The highest BCUT2D eigenvalue weighted by atomic mass is 16.3. The van der Waals surface area contributed by atoms with Crippen LogP contribution < -0.4 is 0 Å². The lowest BCUT2D eigenvalue weighted by Crippen LogP contribution is -1.95. The van der Waals surface area contributed by atoms with E-state index in [9.17, 15) is 0 Å². The van der Waals surface area contributed by atoms with E-state index in [1.165, 1.54) is 0 Å². The maximum Gasteiger partial charge on any atom is 0.0681 e. The predicted octanol–water partition coefficient (Wildman–Crippen LogP) is 1.02. The zero-order valence-electron chi connectivity index (χ0n) is 7.25. The minimum atomic E-state index is 0.0836. The summed E-state index contributed by atoms with van der Waals surface area (Å²) in [6, 6.07) is 5.79. The molecule has 1 rings (SSSR count). The molecule has 1 aromatic rings. The molecule has 0 fully saturated rings. The number of aryl methyl sites for hydroxylation is 1. The highest BCUT2D eigenvalue weighted by Crippen LogP contribution is 2.11. The van der Waals surface area contributed by atoms with Gasteiger partial charge in [-0.3, -0.25) is 0 Å². The highest BCUT2D eigenvalue weighted by Gasteiger charge is 1.98. The van der Waals surface area contributed by atoms with Crippen LogP contribution in [0.4, 0.5) is 0 Å². The normalized spacial score (nSPS) is 10.2. The number of hydrogen-bond donors (Lipinski definition) is 2. The molecule has 0 aliphatic heterocycles. The SMILES string of the molecule is Cc1cc(CO)ccc1CCO. The molecule has 0 radical (unpaired) electrons. The summed E-state index contributed by atoms with van der Waals surface area (Å²) in [7, 11) is 0. The van der Waals surface area contributed by atoms with Crippen LogP contribution in [0.5, 0.6) is 0 Å². The molecule has 2 N–H and O–H groups in total. The third-order valence-corrected chi connectivity index (χ3v) is 1.97. The van der Waals surface area contributed by atoms with Crippen molar-refractivity contribution in [1.29, 1.82) is 0 Å². The first-order chi connectivity index (χ1) is 5.77. The summed E-state index contributed by atoms with van der Waals surface area (Å²) in [5, 5.41) is 17.6. The Balaban J connectivity index is 2.87. The Bertz CT molecular complexity index is 256. The van der Waals surface area contributed by atoms with Crippen molar-refractivity contribution >= 4 is 0 Å². The van der Waals surface area contributed by atoms with Gasteiger partial charge < -0.3 is 10.2 Å². The number of benzene rings is 1. The van der Waals surface area contributed by atoms with E-state index in [0.717, 1.165) is 16.7 Å². The van der Waals surface area contributed by atoms with Gasteiger partial charge in [-0.25, -0.2) is 0 Å². The van der Waals surface area contributed by atoms with E-state index in [4.69, 9.17) is 10.2 Å². The standard InChI is InChI=1S/C10H14O2/c1-8-6-9(7-12)2-3-10(8)4-5-11/h2-3,6,11-12H,4-5,7H2,1H3. The van der Waals surface area contributed by atoms with Gasteiger partial charge in [0.25, 0.3) is 0 Å². The van der Waals surface area contributed by atoms with E-state index >= 15 is 0 Å². The molecule has 0 spiro atoms. The average molecular weight is 166 g/mol. The van der Waals surface area contributed by atoms with Crippen LogP contribution in [-0.2, 0) is 13.0 Å². The zero-order chi connectivity index (χ0) is 8.97. The first-order valence-corrected chi connectivity index (χ1v) is 4.08. The predicted molar refractivity (Wildman–Crippen MR) is 47.9 cm³/mol. The van der Waals surface area contributed by atoms with Crippen LogP contribution in [0.25, 0.3) is 0 Å². The summed E-state index contributed by atoms with van der Waals surface area (Å²) >= 11 is 0. The minimum absolute atomic E-state index is 0.0836. The Morgan fingerprint density at radius 2 is 2.00 bits per heavy atom.